The van der Waals surface area contributed by atoms with E-state index in [9.17, 15) is 5.11 Å². The Kier molecular flexibility index (Phi) is 4.02. The van der Waals surface area contributed by atoms with Crippen molar-refractivity contribution in [3.63, 3.8) is 0 Å². The standard InChI is InChI=1S/C14H20O3/c1-10-13(7-8-17-10)14(15)9-11-3-5-12(16-2)6-4-11/h3-6,10,13-15H,7-9H2,1-2H3. The highest BCUT2D eigenvalue weighted by Gasteiger charge is 2.30. The summed E-state index contributed by atoms with van der Waals surface area (Å²) in [6.07, 6.45) is 1.49. The third-order valence-electron chi connectivity index (χ3n) is 3.53. The van der Waals surface area contributed by atoms with E-state index in [0.29, 0.717) is 6.42 Å². The summed E-state index contributed by atoms with van der Waals surface area (Å²) in [6, 6.07) is 7.86. The van der Waals surface area contributed by atoms with Crippen LogP contribution in [0.25, 0.3) is 0 Å². The third kappa shape index (κ3) is 2.99. The van der Waals surface area contributed by atoms with Crippen molar-refractivity contribution in [1.29, 1.82) is 0 Å². The molecule has 3 nitrogen and oxygen atoms in total. The molecule has 3 atom stereocenters. The number of aliphatic hydroxyl groups excluding tert-OH is 1. The van der Waals surface area contributed by atoms with Crippen LogP contribution >= 0.6 is 0 Å². The number of hydrogen-bond donors (Lipinski definition) is 1. The molecule has 1 heterocycles. The Bertz CT molecular complexity index is 347. The van der Waals surface area contributed by atoms with Crippen molar-refractivity contribution in [1.82, 2.24) is 0 Å². The van der Waals surface area contributed by atoms with E-state index in [4.69, 9.17) is 9.47 Å². The molecular weight excluding hydrogens is 216 g/mol. The molecule has 1 aromatic carbocycles. The number of ether oxygens (including phenoxy) is 2. The normalized spacial score (nSPS) is 25.8. The first-order valence-corrected chi connectivity index (χ1v) is 6.13. The van der Waals surface area contributed by atoms with Gasteiger partial charge in [0.15, 0.2) is 0 Å². The zero-order valence-corrected chi connectivity index (χ0v) is 10.4. The summed E-state index contributed by atoms with van der Waals surface area (Å²) in [6.45, 7) is 2.81. The van der Waals surface area contributed by atoms with Crippen molar-refractivity contribution in [2.24, 2.45) is 5.92 Å². The largest absolute Gasteiger partial charge is 0.497 e. The second-order valence-electron chi connectivity index (χ2n) is 4.65. The molecule has 0 spiro atoms. The Balaban J connectivity index is 1.95. The minimum absolute atomic E-state index is 0.170. The second-order valence-corrected chi connectivity index (χ2v) is 4.65. The fourth-order valence-electron chi connectivity index (χ4n) is 2.41. The Hall–Kier alpha value is -1.06. The first kappa shape index (κ1) is 12.4. The lowest BCUT2D eigenvalue weighted by molar-refractivity contribution is 0.0441. The van der Waals surface area contributed by atoms with Gasteiger partial charge < -0.3 is 14.6 Å². The molecule has 0 aromatic heterocycles. The third-order valence-corrected chi connectivity index (χ3v) is 3.53. The van der Waals surface area contributed by atoms with Gasteiger partial charge in [0.2, 0.25) is 0 Å². The maximum absolute atomic E-state index is 10.2. The summed E-state index contributed by atoms with van der Waals surface area (Å²) in [4.78, 5) is 0. The van der Waals surface area contributed by atoms with Crippen LogP contribution in [0, 0.1) is 5.92 Å². The molecule has 3 unspecified atom stereocenters. The van der Waals surface area contributed by atoms with Crippen LogP contribution in [-0.2, 0) is 11.2 Å². The van der Waals surface area contributed by atoms with Gasteiger partial charge in [-0.05, 0) is 37.5 Å². The average Bonchev–Trinajstić information content (AvgIpc) is 2.76. The van der Waals surface area contributed by atoms with Crippen LogP contribution in [0.3, 0.4) is 0 Å². The maximum Gasteiger partial charge on any atom is 0.118 e. The van der Waals surface area contributed by atoms with Gasteiger partial charge in [-0.3, -0.25) is 0 Å². The lowest BCUT2D eigenvalue weighted by Crippen LogP contribution is -2.28. The molecule has 3 heteroatoms. The van der Waals surface area contributed by atoms with Gasteiger partial charge in [0.1, 0.15) is 5.75 Å². The predicted octanol–water partition coefficient (Wildman–Crippen LogP) is 2.02. The number of rotatable bonds is 4. The molecule has 2 rings (SSSR count). The minimum atomic E-state index is -0.319. The highest BCUT2D eigenvalue weighted by molar-refractivity contribution is 5.27. The summed E-state index contributed by atoms with van der Waals surface area (Å²) in [7, 11) is 1.65. The molecular formula is C14H20O3. The highest BCUT2D eigenvalue weighted by Crippen LogP contribution is 2.26. The molecule has 0 bridgehead atoms. The van der Waals surface area contributed by atoms with E-state index in [1.165, 1.54) is 0 Å². The van der Waals surface area contributed by atoms with Crippen LogP contribution in [0.2, 0.25) is 0 Å². The number of aliphatic hydroxyl groups is 1. The monoisotopic (exact) mass is 236 g/mol. The fraction of sp³-hybridized carbons (Fsp3) is 0.571. The Morgan fingerprint density at radius 1 is 1.41 bits per heavy atom. The molecule has 1 N–H and O–H groups in total. The Morgan fingerprint density at radius 3 is 2.65 bits per heavy atom. The van der Waals surface area contributed by atoms with Crippen molar-refractivity contribution in [3.05, 3.63) is 29.8 Å². The van der Waals surface area contributed by atoms with Crippen LogP contribution in [0.15, 0.2) is 24.3 Å². The molecule has 1 fully saturated rings. The molecule has 1 aliphatic rings. The van der Waals surface area contributed by atoms with Gasteiger partial charge in [0, 0.05) is 12.5 Å². The van der Waals surface area contributed by atoms with E-state index in [0.717, 1.165) is 24.3 Å². The van der Waals surface area contributed by atoms with Crippen LogP contribution in [-0.4, -0.2) is 31.0 Å². The van der Waals surface area contributed by atoms with Crippen molar-refractivity contribution in [2.75, 3.05) is 13.7 Å². The van der Waals surface area contributed by atoms with E-state index in [2.05, 4.69) is 0 Å². The lowest BCUT2D eigenvalue weighted by atomic mass is 9.91. The molecule has 1 saturated heterocycles. The fourth-order valence-corrected chi connectivity index (χ4v) is 2.41. The zero-order valence-electron chi connectivity index (χ0n) is 10.4. The quantitative estimate of drug-likeness (QED) is 0.869. The van der Waals surface area contributed by atoms with Crippen molar-refractivity contribution < 1.29 is 14.6 Å². The van der Waals surface area contributed by atoms with E-state index in [1.54, 1.807) is 7.11 Å². The molecule has 0 saturated carbocycles. The first-order valence-electron chi connectivity index (χ1n) is 6.13. The van der Waals surface area contributed by atoms with E-state index >= 15 is 0 Å². The van der Waals surface area contributed by atoms with Crippen molar-refractivity contribution in [2.45, 2.75) is 32.0 Å². The minimum Gasteiger partial charge on any atom is -0.497 e. The molecule has 94 valence electrons. The molecule has 0 amide bonds. The Labute approximate surface area is 102 Å². The van der Waals surface area contributed by atoms with E-state index in [-0.39, 0.29) is 18.1 Å². The number of methoxy groups -OCH3 is 1. The SMILES string of the molecule is COc1ccc(CC(O)C2CCOC2C)cc1. The number of benzene rings is 1. The summed E-state index contributed by atoms with van der Waals surface area (Å²) < 4.78 is 10.6. The molecule has 1 aromatic rings. The van der Waals surface area contributed by atoms with E-state index in [1.807, 2.05) is 31.2 Å². The van der Waals surface area contributed by atoms with Crippen LogP contribution in [0.4, 0.5) is 0 Å². The van der Waals surface area contributed by atoms with Gasteiger partial charge in [0.25, 0.3) is 0 Å². The van der Waals surface area contributed by atoms with Gasteiger partial charge >= 0.3 is 0 Å². The smallest absolute Gasteiger partial charge is 0.118 e. The summed E-state index contributed by atoms with van der Waals surface area (Å²) in [5.74, 6) is 1.11. The molecule has 17 heavy (non-hydrogen) atoms. The van der Waals surface area contributed by atoms with Gasteiger partial charge in [-0.2, -0.15) is 0 Å². The van der Waals surface area contributed by atoms with E-state index < -0.39 is 0 Å². The Morgan fingerprint density at radius 2 is 2.12 bits per heavy atom. The van der Waals surface area contributed by atoms with Crippen molar-refractivity contribution in [3.8, 4) is 5.75 Å². The van der Waals surface area contributed by atoms with Crippen LogP contribution < -0.4 is 4.74 Å². The summed E-state index contributed by atoms with van der Waals surface area (Å²) >= 11 is 0. The molecule has 1 aliphatic heterocycles. The topological polar surface area (TPSA) is 38.7 Å². The zero-order chi connectivity index (χ0) is 12.3. The van der Waals surface area contributed by atoms with Gasteiger partial charge in [0.05, 0.1) is 19.3 Å². The average molecular weight is 236 g/mol. The molecule has 0 radical (unpaired) electrons. The predicted molar refractivity (Wildman–Crippen MR) is 66.2 cm³/mol. The molecule has 0 aliphatic carbocycles. The maximum atomic E-state index is 10.2. The lowest BCUT2D eigenvalue weighted by Gasteiger charge is -2.20. The highest BCUT2D eigenvalue weighted by atomic mass is 16.5. The van der Waals surface area contributed by atoms with Crippen LogP contribution in [0.5, 0.6) is 5.75 Å². The van der Waals surface area contributed by atoms with Crippen molar-refractivity contribution >= 4 is 0 Å². The summed E-state index contributed by atoms with van der Waals surface area (Å²) in [5.41, 5.74) is 1.14. The second kappa shape index (κ2) is 5.52. The first-order chi connectivity index (χ1) is 8.20. The van der Waals surface area contributed by atoms with Crippen LogP contribution in [0.1, 0.15) is 18.9 Å². The van der Waals surface area contributed by atoms with Gasteiger partial charge in [-0.25, -0.2) is 0 Å². The number of hydrogen-bond acceptors (Lipinski definition) is 3. The van der Waals surface area contributed by atoms with Gasteiger partial charge in [-0.15, -0.1) is 0 Å². The van der Waals surface area contributed by atoms with Gasteiger partial charge in [-0.1, -0.05) is 12.1 Å². The summed E-state index contributed by atoms with van der Waals surface area (Å²) in [5, 5.41) is 10.2.